The maximum Gasteiger partial charge on any atom is 0.328 e. The molecule has 0 aliphatic carbocycles. The number of nitrogens with one attached hydrogen (secondary N) is 1. The van der Waals surface area contributed by atoms with E-state index in [9.17, 15) is 24.9 Å². The summed E-state index contributed by atoms with van der Waals surface area (Å²) >= 11 is 0. The third-order valence-corrected chi connectivity index (χ3v) is 3.35. The zero-order valence-corrected chi connectivity index (χ0v) is 10.0. The van der Waals surface area contributed by atoms with E-state index >= 15 is 0 Å². The van der Waals surface area contributed by atoms with Gasteiger partial charge < -0.3 is 20.4 Å². The molecule has 0 radical (unpaired) electrons. The van der Waals surface area contributed by atoms with Crippen LogP contribution in [0.4, 0.5) is 0 Å². The average Bonchev–Trinajstić information content (AvgIpc) is 2.31. The number of hydrogen-bond acceptors (Lipinski definition) is 5. The van der Waals surface area contributed by atoms with Crippen LogP contribution in [0.15, 0.2) is 12.1 Å². The molecule has 1 aromatic rings. The Labute approximate surface area is 108 Å². The number of phenolic OH excluding ortho intramolecular Hbond substituents is 2. The maximum atomic E-state index is 11.4. The summed E-state index contributed by atoms with van der Waals surface area (Å²) in [5, 5.41) is 39.8. The number of carboxylic acids is 2. The molecule has 0 fully saturated rings. The number of benzene rings is 1. The van der Waals surface area contributed by atoms with Crippen molar-refractivity contribution in [3.8, 4) is 11.5 Å². The molecule has 0 aromatic heterocycles. The fourth-order valence-corrected chi connectivity index (χ4v) is 2.28. The summed E-state index contributed by atoms with van der Waals surface area (Å²) in [5.41, 5.74) is -1.01. The summed E-state index contributed by atoms with van der Waals surface area (Å²) in [7, 11) is 0. The molecule has 0 saturated heterocycles. The second-order valence-corrected chi connectivity index (χ2v) is 4.67. The van der Waals surface area contributed by atoms with Gasteiger partial charge in [0.2, 0.25) is 0 Å². The molecule has 1 aromatic carbocycles. The van der Waals surface area contributed by atoms with Crippen molar-refractivity contribution >= 4 is 11.9 Å². The first-order valence-corrected chi connectivity index (χ1v) is 5.55. The Bertz CT molecular complexity index is 570. The monoisotopic (exact) mass is 267 g/mol. The zero-order chi connectivity index (χ0) is 14.4. The van der Waals surface area contributed by atoms with Crippen LogP contribution in [-0.2, 0) is 21.5 Å². The fourth-order valence-electron chi connectivity index (χ4n) is 2.28. The standard InChI is InChI=1S/C12H13NO6/c1-12(11(18)19)6-4-9(15)8(14)3-5(6)2-7(13-12)10(16)17/h3-4,7,13-15H,2H2,1H3,(H,16,17)(H,18,19). The normalized spacial score (nSPS) is 25.6. The molecular weight excluding hydrogens is 254 g/mol. The lowest BCUT2D eigenvalue weighted by Gasteiger charge is -2.36. The van der Waals surface area contributed by atoms with Crippen LogP contribution < -0.4 is 5.32 Å². The predicted molar refractivity (Wildman–Crippen MR) is 63.0 cm³/mol. The number of rotatable bonds is 2. The molecule has 0 bridgehead atoms. The molecule has 0 saturated carbocycles. The van der Waals surface area contributed by atoms with Crippen molar-refractivity contribution in [1.82, 2.24) is 5.32 Å². The molecule has 1 heterocycles. The van der Waals surface area contributed by atoms with E-state index in [-0.39, 0.29) is 12.0 Å². The van der Waals surface area contributed by atoms with Gasteiger partial charge in [0, 0.05) is 0 Å². The predicted octanol–water partition coefficient (Wildman–Crippen LogP) is -0.00350. The molecule has 2 rings (SSSR count). The Kier molecular flexibility index (Phi) is 2.86. The minimum atomic E-state index is -1.64. The smallest absolute Gasteiger partial charge is 0.328 e. The van der Waals surface area contributed by atoms with E-state index in [2.05, 4.69) is 5.32 Å². The summed E-state index contributed by atoms with van der Waals surface area (Å²) in [6.45, 7) is 1.32. The van der Waals surface area contributed by atoms with Crippen LogP contribution in [0.2, 0.25) is 0 Å². The first-order valence-electron chi connectivity index (χ1n) is 5.55. The second-order valence-electron chi connectivity index (χ2n) is 4.67. The molecule has 1 aliphatic rings. The van der Waals surface area contributed by atoms with Gasteiger partial charge in [-0.05, 0) is 36.6 Å². The van der Waals surface area contributed by atoms with Crippen molar-refractivity contribution in [2.24, 2.45) is 0 Å². The number of phenols is 2. The third-order valence-electron chi connectivity index (χ3n) is 3.35. The van der Waals surface area contributed by atoms with Gasteiger partial charge in [-0.15, -0.1) is 0 Å². The maximum absolute atomic E-state index is 11.4. The molecule has 0 amide bonds. The van der Waals surface area contributed by atoms with Gasteiger partial charge in [-0.2, -0.15) is 0 Å². The lowest BCUT2D eigenvalue weighted by Crippen LogP contribution is -2.58. The molecule has 7 heteroatoms. The lowest BCUT2D eigenvalue weighted by atomic mass is 9.80. The van der Waals surface area contributed by atoms with Crippen LogP contribution in [0.1, 0.15) is 18.1 Å². The van der Waals surface area contributed by atoms with Crippen molar-refractivity contribution in [2.75, 3.05) is 0 Å². The Morgan fingerprint density at radius 1 is 1.26 bits per heavy atom. The minimum absolute atomic E-state index is 0.0291. The number of aromatic hydroxyl groups is 2. The van der Waals surface area contributed by atoms with E-state index in [1.807, 2.05) is 0 Å². The van der Waals surface area contributed by atoms with Gasteiger partial charge in [0.25, 0.3) is 0 Å². The number of fused-ring (bicyclic) bond motifs is 1. The lowest BCUT2D eigenvalue weighted by molar-refractivity contribution is -0.147. The SMILES string of the molecule is CC1(C(=O)O)NC(C(=O)O)Cc2cc(O)c(O)cc21. The van der Waals surface area contributed by atoms with Crippen LogP contribution in [-0.4, -0.2) is 38.4 Å². The van der Waals surface area contributed by atoms with Gasteiger partial charge in [0.1, 0.15) is 11.6 Å². The second kappa shape index (κ2) is 4.13. The third kappa shape index (κ3) is 1.97. The molecule has 2 unspecified atom stereocenters. The summed E-state index contributed by atoms with van der Waals surface area (Å²) in [6, 6.07) is 1.27. The fraction of sp³-hybridized carbons (Fsp3) is 0.333. The van der Waals surface area contributed by atoms with Crippen LogP contribution >= 0.6 is 0 Å². The number of hydrogen-bond donors (Lipinski definition) is 5. The summed E-state index contributed by atoms with van der Waals surface area (Å²) < 4.78 is 0. The average molecular weight is 267 g/mol. The molecular formula is C12H13NO6. The van der Waals surface area contributed by atoms with Crippen molar-refractivity contribution in [3.63, 3.8) is 0 Å². The number of carbonyl (C=O) groups is 2. The molecule has 19 heavy (non-hydrogen) atoms. The van der Waals surface area contributed by atoms with E-state index in [0.717, 1.165) is 6.07 Å². The highest BCUT2D eigenvalue weighted by Crippen LogP contribution is 2.37. The van der Waals surface area contributed by atoms with E-state index < -0.39 is 35.0 Å². The molecule has 2 atom stereocenters. The minimum Gasteiger partial charge on any atom is -0.504 e. The summed E-state index contributed by atoms with van der Waals surface area (Å²) in [4.78, 5) is 22.5. The Hall–Kier alpha value is -2.28. The van der Waals surface area contributed by atoms with Gasteiger partial charge in [-0.25, -0.2) is 4.79 Å². The largest absolute Gasteiger partial charge is 0.504 e. The summed E-state index contributed by atoms with van der Waals surface area (Å²) in [5.74, 6) is -3.28. The first-order chi connectivity index (χ1) is 8.75. The van der Waals surface area contributed by atoms with E-state index in [1.165, 1.54) is 13.0 Å². The van der Waals surface area contributed by atoms with E-state index in [1.54, 1.807) is 0 Å². The molecule has 5 N–H and O–H groups in total. The zero-order valence-electron chi connectivity index (χ0n) is 10.0. The molecule has 7 nitrogen and oxygen atoms in total. The van der Waals surface area contributed by atoms with E-state index in [4.69, 9.17) is 5.11 Å². The summed E-state index contributed by atoms with van der Waals surface area (Å²) in [6.07, 6.45) is 0.0291. The van der Waals surface area contributed by atoms with Gasteiger partial charge in [0.05, 0.1) is 0 Å². The Balaban J connectivity index is 2.63. The van der Waals surface area contributed by atoms with Crippen LogP contribution in [0.25, 0.3) is 0 Å². The van der Waals surface area contributed by atoms with Crippen LogP contribution in [0, 0.1) is 0 Å². The number of carboxylic acid groups (broad SMARTS) is 2. The first kappa shape index (κ1) is 13.2. The quantitative estimate of drug-likeness (QED) is 0.477. The molecule has 0 spiro atoms. The van der Waals surface area contributed by atoms with Gasteiger partial charge >= 0.3 is 11.9 Å². The Morgan fingerprint density at radius 2 is 1.84 bits per heavy atom. The molecule has 102 valence electrons. The van der Waals surface area contributed by atoms with Crippen LogP contribution in [0.3, 0.4) is 0 Å². The van der Waals surface area contributed by atoms with Crippen molar-refractivity contribution < 1.29 is 30.0 Å². The van der Waals surface area contributed by atoms with Crippen molar-refractivity contribution in [1.29, 1.82) is 0 Å². The Morgan fingerprint density at radius 3 is 2.37 bits per heavy atom. The molecule has 1 aliphatic heterocycles. The van der Waals surface area contributed by atoms with Crippen molar-refractivity contribution in [2.45, 2.75) is 24.9 Å². The van der Waals surface area contributed by atoms with Gasteiger partial charge in [-0.1, -0.05) is 0 Å². The van der Waals surface area contributed by atoms with E-state index in [0.29, 0.717) is 5.56 Å². The van der Waals surface area contributed by atoms with Crippen LogP contribution in [0.5, 0.6) is 11.5 Å². The highest BCUT2D eigenvalue weighted by molar-refractivity contribution is 5.84. The van der Waals surface area contributed by atoms with Gasteiger partial charge in [0.15, 0.2) is 11.5 Å². The number of aliphatic carboxylic acids is 2. The topological polar surface area (TPSA) is 127 Å². The van der Waals surface area contributed by atoms with Gasteiger partial charge in [-0.3, -0.25) is 10.1 Å². The highest BCUT2D eigenvalue weighted by atomic mass is 16.4. The van der Waals surface area contributed by atoms with Crippen molar-refractivity contribution in [3.05, 3.63) is 23.3 Å². The highest BCUT2D eigenvalue weighted by Gasteiger charge is 2.44.